The minimum atomic E-state index is 0.205. The van der Waals surface area contributed by atoms with Gasteiger partial charge in [-0.1, -0.05) is 24.3 Å². The number of nitrogens with one attached hydrogen (secondary N) is 2. The Morgan fingerprint density at radius 2 is 2.17 bits per heavy atom. The van der Waals surface area contributed by atoms with Crippen LogP contribution in [-0.4, -0.2) is 24.6 Å². The van der Waals surface area contributed by atoms with E-state index in [0.717, 1.165) is 23.8 Å². The number of ether oxygens (including phenoxy) is 1. The lowest BCUT2D eigenvalue weighted by Gasteiger charge is -2.28. The highest BCUT2D eigenvalue weighted by atomic mass is 16.5. The van der Waals surface area contributed by atoms with E-state index in [2.05, 4.69) is 39.7 Å². The number of fused-ring (bicyclic) bond motifs is 1. The number of hydrogen-bond donors (Lipinski definition) is 2. The van der Waals surface area contributed by atoms with Crippen LogP contribution in [0.25, 0.3) is 0 Å². The molecule has 0 radical (unpaired) electrons. The number of para-hydroxylation sites is 1. The van der Waals surface area contributed by atoms with Crippen LogP contribution in [0, 0.1) is 6.92 Å². The largest absolute Gasteiger partial charge is 0.493 e. The van der Waals surface area contributed by atoms with Crippen molar-refractivity contribution >= 4 is 5.96 Å². The van der Waals surface area contributed by atoms with E-state index in [1.54, 1.807) is 7.05 Å². The second kappa shape index (κ2) is 7.13. The summed E-state index contributed by atoms with van der Waals surface area (Å²) in [6, 6.07) is 12.4. The van der Waals surface area contributed by atoms with Crippen molar-refractivity contribution in [3.63, 3.8) is 0 Å². The Kier molecular flexibility index (Phi) is 4.76. The highest BCUT2D eigenvalue weighted by Gasteiger charge is 2.21. The van der Waals surface area contributed by atoms with Crippen molar-refractivity contribution in [3.05, 3.63) is 59.4 Å². The van der Waals surface area contributed by atoms with Gasteiger partial charge in [0.2, 0.25) is 0 Å². The Bertz CT molecular complexity index is 699. The predicted octanol–water partition coefficient (Wildman–Crippen LogP) is 2.58. The molecule has 0 saturated heterocycles. The van der Waals surface area contributed by atoms with Gasteiger partial charge >= 0.3 is 0 Å². The summed E-state index contributed by atoms with van der Waals surface area (Å²) < 4.78 is 5.70. The van der Waals surface area contributed by atoms with Crippen LogP contribution < -0.4 is 15.4 Å². The molecule has 0 spiro atoms. The number of pyridine rings is 1. The lowest BCUT2D eigenvalue weighted by Crippen LogP contribution is -2.40. The summed E-state index contributed by atoms with van der Waals surface area (Å²) in [7, 11) is 1.78. The highest BCUT2D eigenvalue weighted by Crippen LogP contribution is 2.31. The molecule has 0 amide bonds. The first-order chi connectivity index (χ1) is 11.3. The van der Waals surface area contributed by atoms with Gasteiger partial charge in [-0.3, -0.25) is 9.98 Å². The molecule has 1 unspecified atom stereocenters. The molecule has 0 bridgehead atoms. The van der Waals surface area contributed by atoms with E-state index < -0.39 is 0 Å². The van der Waals surface area contributed by atoms with E-state index in [1.165, 1.54) is 11.1 Å². The zero-order chi connectivity index (χ0) is 16.1. The van der Waals surface area contributed by atoms with Crippen LogP contribution in [0.2, 0.25) is 0 Å². The summed E-state index contributed by atoms with van der Waals surface area (Å²) in [6.45, 7) is 3.43. The summed E-state index contributed by atoms with van der Waals surface area (Å²) in [6.07, 6.45) is 2.73. The molecule has 3 rings (SSSR count). The van der Waals surface area contributed by atoms with E-state index in [0.29, 0.717) is 13.2 Å². The van der Waals surface area contributed by atoms with Gasteiger partial charge in [-0.15, -0.1) is 0 Å². The lowest BCUT2D eigenvalue weighted by atomic mass is 10.0. The average molecular weight is 310 g/mol. The first-order valence-electron chi connectivity index (χ1n) is 7.87. The van der Waals surface area contributed by atoms with Crippen molar-refractivity contribution in [2.24, 2.45) is 4.99 Å². The second-order valence-corrected chi connectivity index (χ2v) is 5.56. The minimum absolute atomic E-state index is 0.205. The summed E-state index contributed by atoms with van der Waals surface area (Å²) in [4.78, 5) is 8.73. The maximum absolute atomic E-state index is 5.70. The zero-order valence-corrected chi connectivity index (χ0v) is 13.5. The van der Waals surface area contributed by atoms with Gasteiger partial charge in [0.25, 0.3) is 0 Å². The zero-order valence-electron chi connectivity index (χ0n) is 13.5. The Balaban J connectivity index is 1.66. The lowest BCUT2D eigenvalue weighted by molar-refractivity contribution is 0.261. The molecule has 1 aliphatic heterocycles. The van der Waals surface area contributed by atoms with Crippen molar-refractivity contribution in [2.75, 3.05) is 13.7 Å². The first kappa shape index (κ1) is 15.3. The summed E-state index contributed by atoms with van der Waals surface area (Å²) >= 11 is 0. The fourth-order valence-electron chi connectivity index (χ4n) is 2.72. The fourth-order valence-corrected chi connectivity index (χ4v) is 2.72. The van der Waals surface area contributed by atoms with E-state index in [4.69, 9.17) is 4.74 Å². The maximum atomic E-state index is 5.70. The van der Waals surface area contributed by atoms with Crippen LogP contribution in [0.3, 0.4) is 0 Å². The standard InChI is InChI=1S/C18H22N4O/c1-13-6-5-10-20-16(13)12-21-18(19-2)22-15-9-11-23-17-8-4-3-7-14(15)17/h3-8,10,15H,9,11-12H2,1-2H3,(H2,19,21,22). The Labute approximate surface area is 136 Å². The first-order valence-corrected chi connectivity index (χ1v) is 7.87. The minimum Gasteiger partial charge on any atom is -0.493 e. The highest BCUT2D eigenvalue weighted by molar-refractivity contribution is 5.80. The van der Waals surface area contributed by atoms with E-state index in [9.17, 15) is 0 Å². The molecule has 23 heavy (non-hydrogen) atoms. The normalized spacial score (nSPS) is 17.1. The van der Waals surface area contributed by atoms with E-state index in [1.807, 2.05) is 30.5 Å². The third kappa shape index (κ3) is 3.62. The molecule has 1 aromatic carbocycles. The number of aromatic nitrogens is 1. The Morgan fingerprint density at radius 3 is 3.00 bits per heavy atom. The fraction of sp³-hybridized carbons (Fsp3) is 0.333. The molecule has 0 fully saturated rings. The van der Waals surface area contributed by atoms with E-state index >= 15 is 0 Å². The molecule has 2 aromatic rings. The van der Waals surface area contributed by atoms with Gasteiger partial charge in [0.1, 0.15) is 5.75 Å². The Hall–Kier alpha value is -2.56. The number of aryl methyl sites for hydroxylation is 1. The SMILES string of the molecule is CN=C(NCc1ncccc1C)NC1CCOc2ccccc21. The van der Waals surface area contributed by atoms with Crippen LogP contribution >= 0.6 is 0 Å². The van der Waals surface area contributed by atoms with Gasteiger partial charge in [-0.2, -0.15) is 0 Å². The average Bonchev–Trinajstić information content (AvgIpc) is 2.60. The van der Waals surface area contributed by atoms with Gasteiger partial charge in [-0.05, 0) is 24.6 Å². The van der Waals surface area contributed by atoms with Crippen LogP contribution in [0.5, 0.6) is 5.75 Å². The molecule has 5 heteroatoms. The van der Waals surface area contributed by atoms with Crippen molar-refractivity contribution in [3.8, 4) is 5.75 Å². The number of guanidine groups is 1. The van der Waals surface area contributed by atoms with Crippen molar-refractivity contribution in [1.29, 1.82) is 0 Å². The van der Waals surface area contributed by atoms with Crippen LogP contribution in [-0.2, 0) is 6.54 Å². The number of nitrogens with zero attached hydrogens (tertiary/aromatic N) is 2. The number of hydrogen-bond acceptors (Lipinski definition) is 3. The van der Waals surface area contributed by atoms with Crippen LogP contribution in [0.1, 0.15) is 29.3 Å². The quantitative estimate of drug-likeness (QED) is 0.676. The smallest absolute Gasteiger partial charge is 0.191 e. The number of benzene rings is 1. The number of aliphatic imine (C=N–C) groups is 1. The van der Waals surface area contributed by atoms with Crippen molar-refractivity contribution in [2.45, 2.75) is 25.9 Å². The van der Waals surface area contributed by atoms with Gasteiger partial charge in [0, 0.05) is 25.2 Å². The molecule has 5 nitrogen and oxygen atoms in total. The molecule has 1 atom stereocenters. The van der Waals surface area contributed by atoms with Crippen molar-refractivity contribution < 1.29 is 4.74 Å². The molecule has 0 saturated carbocycles. The molecular weight excluding hydrogens is 288 g/mol. The molecule has 120 valence electrons. The molecule has 2 N–H and O–H groups in total. The number of rotatable bonds is 3. The van der Waals surface area contributed by atoms with Gasteiger partial charge < -0.3 is 15.4 Å². The Morgan fingerprint density at radius 1 is 1.30 bits per heavy atom. The van der Waals surface area contributed by atoms with Crippen LogP contribution in [0.4, 0.5) is 0 Å². The van der Waals surface area contributed by atoms with E-state index in [-0.39, 0.29) is 6.04 Å². The van der Waals surface area contributed by atoms with Gasteiger partial charge in [0.05, 0.1) is 24.9 Å². The molecule has 0 aliphatic carbocycles. The molecule has 1 aromatic heterocycles. The summed E-state index contributed by atoms with van der Waals surface area (Å²) in [5.74, 6) is 1.73. The molecule has 2 heterocycles. The molecular formula is C18H22N4O. The van der Waals surface area contributed by atoms with Gasteiger partial charge in [0.15, 0.2) is 5.96 Å². The molecule has 1 aliphatic rings. The monoisotopic (exact) mass is 310 g/mol. The third-order valence-corrected chi connectivity index (χ3v) is 4.03. The maximum Gasteiger partial charge on any atom is 0.191 e. The van der Waals surface area contributed by atoms with Crippen LogP contribution in [0.15, 0.2) is 47.6 Å². The van der Waals surface area contributed by atoms with Gasteiger partial charge in [-0.25, -0.2) is 0 Å². The topological polar surface area (TPSA) is 58.5 Å². The van der Waals surface area contributed by atoms with Crippen molar-refractivity contribution in [1.82, 2.24) is 15.6 Å². The summed E-state index contributed by atoms with van der Waals surface area (Å²) in [5, 5.41) is 6.82. The summed E-state index contributed by atoms with van der Waals surface area (Å²) in [5.41, 5.74) is 3.38. The third-order valence-electron chi connectivity index (χ3n) is 4.03. The predicted molar refractivity (Wildman–Crippen MR) is 91.6 cm³/mol. The second-order valence-electron chi connectivity index (χ2n) is 5.56.